The van der Waals surface area contributed by atoms with E-state index >= 15 is 0 Å². The number of pyridine rings is 1. The zero-order valence-electron chi connectivity index (χ0n) is 11.3. The average Bonchev–Trinajstić information content (AvgIpc) is 2.28. The zero-order chi connectivity index (χ0) is 13.3. The third-order valence-electron chi connectivity index (χ3n) is 3.11. The van der Waals surface area contributed by atoms with Crippen LogP contribution in [0, 0.1) is 20.8 Å². The lowest BCUT2D eigenvalue weighted by Gasteiger charge is -2.05. The first-order chi connectivity index (χ1) is 8.49. The number of aryl methyl sites for hydroxylation is 3. The van der Waals surface area contributed by atoms with Crippen LogP contribution in [-0.2, 0) is 0 Å². The number of ketones is 1. The molecule has 0 amide bonds. The summed E-state index contributed by atoms with van der Waals surface area (Å²) in [6.45, 7) is 7.88. The molecule has 0 saturated heterocycles. The van der Waals surface area contributed by atoms with Gasteiger partial charge in [0.15, 0.2) is 17.2 Å². The molecule has 92 valence electrons. The van der Waals surface area contributed by atoms with E-state index in [0.29, 0.717) is 0 Å². The van der Waals surface area contributed by atoms with Crippen molar-refractivity contribution in [1.82, 2.24) is 0 Å². The topological polar surface area (TPSA) is 20.9 Å². The van der Waals surface area contributed by atoms with E-state index in [0.717, 1.165) is 11.3 Å². The third-order valence-corrected chi connectivity index (χ3v) is 3.11. The number of hydrogen-bond acceptors (Lipinski definition) is 1. The monoisotopic (exact) mass is 240 g/mol. The highest BCUT2D eigenvalue weighted by Gasteiger charge is 2.14. The number of hydrogen-bond donors (Lipinski definition) is 0. The summed E-state index contributed by atoms with van der Waals surface area (Å²) in [7, 11) is 0. The lowest BCUT2D eigenvalue weighted by Crippen LogP contribution is -2.37. The van der Waals surface area contributed by atoms with E-state index in [4.69, 9.17) is 0 Å². The minimum atomic E-state index is 0.101. The lowest BCUT2D eigenvalue weighted by atomic mass is 10.1. The van der Waals surface area contributed by atoms with Gasteiger partial charge in [-0.15, -0.1) is 0 Å². The van der Waals surface area contributed by atoms with Crippen LogP contribution in [0.5, 0.6) is 0 Å². The minimum absolute atomic E-state index is 0.101. The van der Waals surface area contributed by atoms with E-state index in [2.05, 4.69) is 37.5 Å². The van der Waals surface area contributed by atoms with Crippen LogP contribution in [0.2, 0.25) is 0 Å². The van der Waals surface area contributed by atoms with Crippen LogP contribution in [0.4, 0.5) is 0 Å². The maximum Gasteiger partial charge on any atom is 0.211 e. The largest absolute Gasteiger partial charge is 0.295 e. The predicted molar refractivity (Wildman–Crippen MR) is 72.2 cm³/mol. The lowest BCUT2D eigenvalue weighted by molar-refractivity contribution is -0.609. The highest BCUT2D eigenvalue weighted by molar-refractivity contribution is 5.94. The van der Waals surface area contributed by atoms with E-state index in [1.54, 1.807) is 6.92 Å². The molecule has 0 aliphatic rings. The smallest absolute Gasteiger partial charge is 0.211 e. The molecule has 1 aromatic heterocycles. The van der Waals surface area contributed by atoms with Crippen molar-refractivity contribution >= 4 is 5.78 Å². The number of Topliss-reactive ketones (excluding diaryl/α,β-unsaturated/α-hetero) is 1. The Hall–Kier alpha value is -1.96. The Labute approximate surface area is 108 Å². The van der Waals surface area contributed by atoms with E-state index in [1.807, 2.05) is 24.3 Å². The highest BCUT2D eigenvalue weighted by atomic mass is 16.1. The molecular weight excluding hydrogens is 222 g/mol. The van der Waals surface area contributed by atoms with Crippen LogP contribution in [-0.4, -0.2) is 5.78 Å². The van der Waals surface area contributed by atoms with Gasteiger partial charge in [0, 0.05) is 43.7 Å². The maximum absolute atomic E-state index is 11.3. The second-order valence-corrected chi connectivity index (χ2v) is 4.75. The molecule has 2 nitrogen and oxygen atoms in total. The molecule has 0 saturated carbocycles. The maximum atomic E-state index is 11.3. The fourth-order valence-corrected chi connectivity index (χ4v) is 2.36. The van der Waals surface area contributed by atoms with E-state index in [1.165, 1.54) is 17.0 Å². The van der Waals surface area contributed by atoms with Crippen molar-refractivity contribution in [2.24, 2.45) is 0 Å². The summed E-state index contributed by atoms with van der Waals surface area (Å²) in [6.07, 6.45) is 0. The molecule has 0 spiro atoms. The summed E-state index contributed by atoms with van der Waals surface area (Å²) < 4.78 is 2.19. The highest BCUT2D eigenvalue weighted by Crippen LogP contribution is 2.09. The van der Waals surface area contributed by atoms with Gasteiger partial charge in [-0.25, -0.2) is 0 Å². The van der Waals surface area contributed by atoms with Crippen molar-refractivity contribution in [2.75, 3.05) is 0 Å². The molecule has 1 heterocycles. The Morgan fingerprint density at radius 1 is 0.944 bits per heavy atom. The molecule has 0 unspecified atom stereocenters. The minimum Gasteiger partial charge on any atom is -0.295 e. The van der Waals surface area contributed by atoms with E-state index < -0.39 is 0 Å². The van der Waals surface area contributed by atoms with Crippen LogP contribution in [0.1, 0.15) is 34.2 Å². The normalized spacial score (nSPS) is 10.4. The standard InChI is InChI=1S/C16H18NO/c1-11-9-12(2)17(13(3)10-11)16-7-5-15(6-8-16)14(4)18/h5-10H,1-4H3/q+1. The molecule has 0 aliphatic heterocycles. The first-order valence-electron chi connectivity index (χ1n) is 6.10. The van der Waals surface area contributed by atoms with Gasteiger partial charge in [0.1, 0.15) is 0 Å². The predicted octanol–water partition coefficient (Wildman–Crippen LogP) is 3.09. The van der Waals surface area contributed by atoms with Gasteiger partial charge in [-0.3, -0.25) is 4.79 Å². The molecule has 1 aromatic carbocycles. The molecule has 0 aliphatic carbocycles. The molecule has 0 fully saturated rings. The summed E-state index contributed by atoms with van der Waals surface area (Å²) in [6, 6.07) is 12.1. The Morgan fingerprint density at radius 3 is 1.89 bits per heavy atom. The first-order valence-corrected chi connectivity index (χ1v) is 6.10. The van der Waals surface area contributed by atoms with Crippen LogP contribution in [0.3, 0.4) is 0 Å². The Kier molecular flexibility index (Phi) is 3.28. The van der Waals surface area contributed by atoms with Crippen molar-refractivity contribution in [3.63, 3.8) is 0 Å². The number of carbonyl (C=O) groups excluding carboxylic acids is 1. The summed E-state index contributed by atoms with van der Waals surface area (Å²) in [5.74, 6) is 0.101. The number of rotatable bonds is 2. The molecular formula is C16H18NO+. The van der Waals surface area contributed by atoms with Gasteiger partial charge in [0.05, 0.1) is 0 Å². The van der Waals surface area contributed by atoms with Crippen molar-refractivity contribution in [3.05, 3.63) is 58.9 Å². The van der Waals surface area contributed by atoms with Gasteiger partial charge in [-0.2, -0.15) is 4.57 Å². The number of aromatic nitrogens is 1. The van der Waals surface area contributed by atoms with Gasteiger partial charge in [-0.1, -0.05) is 0 Å². The van der Waals surface area contributed by atoms with Crippen LogP contribution in [0.15, 0.2) is 36.4 Å². The average molecular weight is 240 g/mol. The summed E-state index contributed by atoms with van der Waals surface area (Å²) in [5.41, 5.74) is 5.50. The van der Waals surface area contributed by atoms with Gasteiger partial charge in [-0.05, 0) is 31.5 Å². The van der Waals surface area contributed by atoms with E-state index in [-0.39, 0.29) is 5.78 Å². The molecule has 0 bridgehead atoms. The molecule has 18 heavy (non-hydrogen) atoms. The number of carbonyl (C=O) groups is 1. The summed E-state index contributed by atoms with van der Waals surface area (Å²) >= 11 is 0. The van der Waals surface area contributed by atoms with Crippen LogP contribution in [0.25, 0.3) is 5.69 Å². The fourth-order valence-electron chi connectivity index (χ4n) is 2.36. The van der Waals surface area contributed by atoms with E-state index in [9.17, 15) is 4.79 Å². The molecule has 2 heteroatoms. The van der Waals surface area contributed by atoms with Crippen LogP contribution < -0.4 is 4.57 Å². The van der Waals surface area contributed by atoms with Gasteiger partial charge in [0.2, 0.25) is 5.69 Å². The van der Waals surface area contributed by atoms with Crippen molar-refractivity contribution in [3.8, 4) is 5.69 Å². The van der Waals surface area contributed by atoms with Crippen molar-refractivity contribution < 1.29 is 9.36 Å². The Bertz CT molecular complexity index is 574. The summed E-state index contributed by atoms with van der Waals surface area (Å²) in [5, 5.41) is 0. The quantitative estimate of drug-likeness (QED) is 0.583. The van der Waals surface area contributed by atoms with Crippen molar-refractivity contribution in [1.29, 1.82) is 0 Å². The van der Waals surface area contributed by atoms with Gasteiger partial charge < -0.3 is 0 Å². The Morgan fingerprint density at radius 2 is 1.44 bits per heavy atom. The second-order valence-electron chi connectivity index (χ2n) is 4.75. The van der Waals surface area contributed by atoms with Crippen molar-refractivity contribution in [2.45, 2.75) is 27.7 Å². The van der Waals surface area contributed by atoms with Crippen LogP contribution >= 0.6 is 0 Å². The number of benzene rings is 1. The second kappa shape index (κ2) is 4.73. The molecule has 0 N–H and O–H groups in total. The molecule has 0 atom stereocenters. The SMILES string of the molecule is CC(=O)c1ccc(-[n+]2c(C)cc(C)cc2C)cc1. The molecule has 0 radical (unpaired) electrons. The summed E-state index contributed by atoms with van der Waals surface area (Å²) in [4.78, 5) is 11.3. The first kappa shape index (κ1) is 12.5. The van der Waals surface area contributed by atoms with Gasteiger partial charge in [0.25, 0.3) is 0 Å². The molecule has 2 rings (SSSR count). The van der Waals surface area contributed by atoms with Gasteiger partial charge >= 0.3 is 0 Å². The Balaban J connectivity index is 2.52. The third kappa shape index (κ3) is 2.33. The number of nitrogens with zero attached hydrogens (tertiary/aromatic N) is 1. The fraction of sp³-hybridized carbons (Fsp3) is 0.250. The molecule has 2 aromatic rings. The zero-order valence-corrected chi connectivity index (χ0v) is 11.3.